The highest BCUT2D eigenvalue weighted by Gasteiger charge is 2.56. The van der Waals surface area contributed by atoms with Gasteiger partial charge >= 0.3 is 11.8 Å². The average Bonchev–Trinajstić information content (AvgIpc) is 3.58. The van der Waals surface area contributed by atoms with Gasteiger partial charge in [-0.15, -0.1) is 0 Å². The Balaban J connectivity index is 1.36. The van der Waals surface area contributed by atoms with Crippen molar-refractivity contribution in [3.05, 3.63) is 60.3 Å². The number of nitrogens with zero attached hydrogens (tertiary/aromatic N) is 2. The maximum absolute atomic E-state index is 13.9. The van der Waals surface area contributed by atoms with Crippen LogP contribution in [0.1, 0.15) is 39.2 Å². The van der Waals surface area contributed by atoms with Crippen molar-refractivity contribution < 1.29 is 19.2 Å². The largest absolute Gasteiger partial charge is 0.361 e. The number of hydrogen-bond acceptors (Lipinski definition) is 5. The first-order valence-corrected chi connectivity index (χ1v) is 12.8. The van der Waals surface area contributed by atoms with Gasteiger partial charge in [-0.25, -0.2) is 0 Å². The Morgan fingerprint density at radius 3 is 2.67 bits per heavy atom. The molecule has 3 heterocycles. The molecule has 0 unspecified atom stereocenters. The van der Waals surface area contributed by atoms with E-state index in [9.17, 15) is 24.4 Å². The van der Waals surface area contributed by atoms with Crippen LogP contribution in [0.25, 0.3) is 10.9 Å². The number of para-hydroxylation sites is 1. The number of carbonyl (C=O) groups excluding carboxylic acids is 4. The smallest absolute Gasteiger partial charge is 0.313 e. The molecule has 2 aliphatic rings. The summed E-state index contributed by atoms with van der Waals surface area (Å²) in [7, 11) is 0. The number of carbonyl (C=O) groups is 4. The molecule has 0 radical (unpaired) electrons. The third-order valence-electron chi connectivity index (χ3n) is 7.35. The van der Waals surface area contributed by atoms with E-state index < -0.39 is 35.2 Å². The molecule has 4 amide bonds. The van der Waals surface area contributed by atoms with Gasteiger partial charge in [-0.05, 0) is 47.1 Å². The van der Waals surface area contributed by atoms with E-state index in [2.05, 4.69) is 27.0 Å². The van der Waals surface area contributed by atoms with Gasteiger partial charge < -0.3 is 25.8 Å². The van der Waals surface area contributed by atoms with Gasteiger partial charge in [-0.3, -0.25) is 19.2 Å². The fraction of sp³-hybridized carbons (Fsp3) is 0.345. The number of amides is 4. The number of fused-ring (bicyclic) bond motifs is 3. The van der Waals surface area contributed by atoms with E-state index in [1.54, 1.807) is 24.4 Å². The molecule has 1 spiro atoms. The van der Waals surface area contributed by atoms with Crippen LogP contribution in [-0.4, -0.2) is 52.1 Å². The molecular weight excluding hydrogens is 496 g/mol. The zero-order chi connectivity index (χ0) is 27.9. The van der Waals surface area contributed by atoms with Crippen molar-refractivity contribution in [3.63, 3.8) is 0 Å². The fourth-order valence-corrected chi connectivity index (χ4v) is 5.54. The maximum atomic E-state index is 13.9. The number of H-pyrrole nitrogens is 1. The van der Waals surface area contributed by atoms with Gasteiger partial charge in [0.2, 0.25) is 11.8 Å². The van der Waals surface area contributed by atoms with E-state index >= 15 is 0 Å². The third kappa shape index (κ3) is 4.83. The molecule has 10 nitrogen and oxygen atoms in total. The number of aromatic amines is 1. The molecule has 0 bridgehead atoms. The molecule has 0 saturated carbocycles. The Morgan fingerprint density at radius 2 is 1.92 bits per heavy atom. The fourth-order valence-electron chi connectivity index (χ4n) is 5.54. The van der Waals surface area contributed by atoms with E-state index in [4.69, 9.17) is 0 Å². The van der Waals surface area contributed by atoms with Crippen molar-refractivity contribution in [2.24, 2.45) is 5.41 Å². The zero-order valence-corrected chi connectivity index (χ0v) is 22.0. The van der Waals surface area contributed by atoms with Crippen LogP contribution < -0.4 is 16.0 Å². The number of hydrogen-bond donors (Lipinski definition) is 4. The van der Waals surface area contributed by atoms with Gasteiger partial charge in [-0.1, -0.05) is 45.0 Å². The number of benzene rings is 2. The van der Waals surface area contributed by atoms with Crippen LogP contribution in [0.3, 0.4) is 0 Å². The summed E-state index contributed by atoms with van der Waals surface area (Å²) in [5.41, 5.74) is 1.22. The predicted octanol–water partition coefficient (Wildman–Crippen LogP) is 3.04. The minimum Gasteiger partial charge on any atom is -0.361 e. The summed E-state index contributed by atoms with van der Waals surface area (Å²) in [4.78, 5) is 57.1. The Hall–Kier alpha value is -4.65. The highest BCUT2D eigenvalue weighted by molar-refractivity contribution is 6.40. The van der Waals surface area contributed by atoms with E-state index in [-0.39, 0.29) is 30.7 Å². The van der Waals surface area contributed by atoms with E-state index in [1.165, 1.54) is 4.90 Å². The molecule has 4 N–H and O–H groups in total. The molecule has 2 aliphatic heterocycles. The van der Waals surface area contributed by atoms with Crippen LogP contribution in [0.15, 0.2) is 54.7 Å². The van der Waals surface area contributed by atoms with E-state index in [0.717, 1.165) is 16.5 Å². The van der Waals surface area contributed by atoms with Crippen molar-refractivity contribution in [3.8, 4) is 6.07 Å². The number of likely N-dealkylation sites (tertiary alicyclic amines) is 1. The van der Waals surface area contributed by atoms with Crippen molar-refractivity contribution >= 4 is 45.9 Å². The Labute approximate surface area is 225 Å². The first kappa shape index (κ1) is 26.0. The highest BCUT2D eigenvalue weighted by atomic mass is 16.2. The number of rotatable bonds is 4. The molecule has 5 rings (SSSR count). The number of nitriles is 1. The lowest BCUT2D eigenvalue weighted by Gasteiger charge is -2.31. The second-order valence-corrected chi connectivity index (χ2v) is 11.4. The maximum Gasteiger partial charge on any atom is 0.313 e. The molecule has 2 aromatic carbocycles. The minimum atomic E-state index is -1.07. The Kier molecular flexibility index (Phi) is 6.38. The Morgan fingerprint density at radius 1 is 1.15 bits per heavy atom. The van der Waals surface area contributed by atoms with Crippen molar-refractivity contribution in [1.29, 1.82) is 5.26 Å². The molecular formula is C29H30N6O4. The molecule has 10 heteroatoms. The van der Waals surface area contributed by atoms with Crippen LogP contribution in [0.4, 0.5) is 11.4 Å². The molecule has 39 heavy (non-hydrogen) atoms. The minimum absolute atomic E-state index is 0.00573. The molecule has 200 valence electrons. The highest BCUT2D eigenvalue weighted by Crippen LogP contribution is 2.46. The van der Waals surface area contributed by atoms with Gasteiger partial charge in [0.1, 0.15) is 12.1 Å². The standard InChI is InChI=1S/C29H30N6O4/c1-28(2,3)14-23(33-25(37)24(36)32-18-9-8-17-10-11-31-22(17)12-18)26(38)35-16-29(13-19(35)15-30)20-6-4-5-7-21(20)34-27(29)39/h4-12,19,23,31H,13-14,16H2,1-3H3,(H,32,36)(H,33,37)(H,34,39)/t19-,23-,29-/m0/s1. The van der Waals surface area contributed by atoms with E-state index in [1.807, 2.05) is 51.1 Å². The number of nitrogens with one attached hydrogen (secondary N) is 4. The zero-order valence-electron chi connectivity index (χ0n) is 22.0. The summed E-state index contributed by atoms with van der Waals surface area (Å²) in [6.07, 6.45) is 2.15. The second kappa shape index (κ2) is 9.58. The summed E-state index contributed by atoms with van der Waals surface area (Å²) >= 11 is 0. The van der Waals surface area contributed by atoms with E-state index in [0.29, 0.717) is 11.4 Å². The SMILES string of the molecule is CC(C)(C)C[C@H](NC(=O)C(=O)Nc1ccc2cc[nH]c2c1)C(=O)N1C[C@]2(C[C@H]1C#N)C(=O)Nc1ccccc12. The van der Waals surface area contributed by atoms with Gasteiger partial charge in [0.05, 0.1) is 11.5 Å². The topological polar surface area (TPSA) is 147 Å². The van der Waals surface area contributed by atoms with Crippen LogP contribution in [0.5, 0.6) is 0 Å². The van der Waals surface area contributed by atoms with Crippen molar-refractivity contribution in [2.75, 3.05) is 17.2 Å². The quantitative estimate of drug-likeness (QED) is 0.386. The number of aromatic nitrogens is 1. The van der Waals surface area contributed by atoms with Crippen LogP contribution in [0.2, 0.25) is 0 Å². The molecule has 1 fully saturated rings. The molecule has 3 aromatic rings. The third-order valence-corrected chi connectivity index (χ3v) is 7.35. The first-order chi connectivity index (χ1) is 18.5. The normalized spacial score (nSPS) is 20.8. The lowest BCUT2D eigenvalue weighted by Crippen LogP contribution is -2.53. The predicted molar refractivity (Wildman–Crippen MR) is 145 cm³/mol. The summed E-state index contributed by atoms with van der Waals surface area (Å²) < 4.78 is 0. The van der Waals surface area contributed by atoms with Gasteiger partial charge in [0, 0.05) is 36.1 Å². The second-order valence-electron chi connectivity index (χ2n) is 11.4. The van der Waals surface area contributed by atoms with Crippen LogP contribution >= 0.6 is 0 Å². The summed E-state index contributed by atoms with van der Waals surface area (Å²) in [6, 6.07) is 14.6. The summed E-state index contributed by atoms with van der Waals surface area (Å²) in [6.45, 7) is 5.75. The molecule has 0 aliphatic carbocycles. The molecule has 1 aromatic heterocycles. The van der Waals surface area contributed by atoms with Crippen LogP contribution in [0, 0.1) is 16.7 Å². The van der Waals surface area contributed by atoms with Gasteiger partial charge in [0.25, 0.3) is 0 Å². The lowest BCUT2D eigenvalue weighted by atomic mass is 9.80. The van der Waals surface area contributed by atoms with Crippen molar-refractivity contribution in [1.82, 2.24) is 15.2 Å². The van der Waals surface area contributed by atoms with Crippen LogP contribution in [-0.2, 0) is 24.6 Å². The summed E-state index contributed by atoms with van der Waals surface area (Å²) in [5.74, 6) is -2.63. The van der Waals surface area contributed by atoms with Crippen molar-refractivity contribution in [2.45, 2.75) is 51.1 Å². The molecule has 1 saturated heterocycles. The first-order valence-electron chi connectivity index (χ1n) is 12.8. The van der Waals surface area contributed by atoms with Gasteiger partial charge in [-0.2, -0.15) is 5.26 Å². The monoisotopic (exact) mass is 526 g/mol. The number of anilines is 2. The average molecular weight is 527 g/mol. The van der Waals surface area contributed by atoms with Gasteiger partial charge in [0.15, 0.2) is 0 Å². The molecule has 3 atom stereocenters. The lowest BCUT2D eigenvalue weighted by molar-refractivity contribution is -0.141. The summed E-state index contributed by atoms with van der Waals surface area (Å²) in [5, 5.41) is 18.9. The Bertz CT molecular complexity index is 1530.